The molecule has 0 saturated carbocycles. The van der Waals surface area contributed by atoms with Crippen molar-refractivity contribution >= 4 is 23.3 Å². The zero-order chi connectivity index (χ0) is 23.3. The monoisotopic (exact) mass is 436 g/mol. The van der Waals surface area contributed by atoms with Gasteiger partial charge >= 0.3 is 11.9 Å². The van der Waals surface area contributed by atoms with Crippen LogP contribution >= 0.6 is 0 Å². The van der Waals surface area contributed by atoms with Crippen molar-refractivity contribution in [3.8, 4) is 0 Å². The van der Waals surface area contributed by atoms with E-state index in [0.29, 0.717) is 28.9 Å². The number of methoxy groups -OCH3 is 1. The molecule has 0 bridgehead atoms. The van der Waals surface area contributed by atoms with Crippen molar-refractivity contribution in [2.45, 2.75) is 26.2 Å². The van der Waals surface area contributed by atoms with Gasteiger partial charge in [-0.25, -0.2) is 9.59 Å². The second kappa shape index (κ2) is 9.91. The molecule has 0 fully saturated rings. The number of ether oxygens (including phenoxy) is 2. The highest BCUT2D eigenvalue weighted by atomic mass is 16.6. The van der Waals surface area contributed by atoms with E-state index in [2.05, 4.69) is 5.32 Å². The van der Waals surface area contributed by atoms with Gasteiger partial charge in [-0.1, -0.05) is 49.4 Å². The smallest absolute Gasteiger partial charge is 0.336 e. The Hall–Kier alpha value is -3.94. The summed E-state index contributed by atoms with van der Waals surface area (Å²) in [7, 11) is 1.25. The molecule has 1 aliphatic heterocycles. The molecule has 2 aromatic rings. The summed E-state index contributed by atoms with van der Waals surface area (Å²) in [5.41, 5.74) is 2.33. The van der Waals surface area contributed by atoms with Crippen molar-refractivity contribution in [1.82, 2.24) is 5.32 Å². The number of nitro groups is 1. The Morgan fingerprint density at radius 3 is 2.41 bits per heavy atom. The molecular formula is C24H24N2O6. The van der Waals surface area contributed by atoms with Crippen LogP contribution in [0.4, 0.5) is 5.69 Å². The number of dihydropyridines is 1. The number of carbonyl (C=O) groups is 2. The number of rotatable bonds is 7. The number of hydrogen-bond acceptors (Lipinski definition) is 7. The summed E-state index contributed by atoms with van der Waals surface area (Å²) in [5.74, 6) is -2.16. The fraction of sp³-hybridized carbons (Fsp3) is 0.250. The Morgan fingerprint density at radius 1 is 1.06 bits per heavy atom. The molecule has 8 nitrogen and oxygen atoms in total. The zero-order valence-electron chi connectivity index (χ0n) is 18.1. The maximum atomic E-state index is 13.0. The summed E-state index contributed by atoms with van der Waals surface area (Å²) in [4.78, 5) is 36.9. The molecule has 0 aromatic heterocycles. The predicted molar refractivity (Wildman–Crippen MR) is 118 cm³/mol. The maximum absolute atomic E-state index is 13.0. The molecule has 0 spiro atoms. The highest BCUT2D eigenvalue weighted by Crippen LogP contribution is 2.42. The molecule has 2 aromatic carbocycles. The van der Waals surface area contributed by atoms with Crippen molar-refractivity contribution < 1.29 is 24.0 Å². The number of nitrogens with zero attached hydrogens (tertiary/aromatic N) is 1. The molecule has 0 saturated heterocycles. The van der Waals surface area contributed by atoms with E-state index >= 15 is 0 Å². The molecule has 1 heterocycles. The fourth-order valence-corrected chi connectivity index (χ4v) is 3.68. The van der Waals surface area contributed by atoms with Gasteiger partial charge in [0.25, 0.3) is 5.69 Å². The van der Waals surface area contributed by atoms with Crippen LogP contribution in [-0.2, 0) is 19.1 Å². The summed E-state index contributed by atoms with van der Waals surface area (Å²) >= 11 is 0. The number of allylic oxidation sites excluding steroid dienone is 1. The molecule has 166 valence electrons. The molecule has 32 heavy (non-hydrogen) atoms. The van der Waals surface area contributed by atoms with Crippen LogP contribution in [0, 0.1) is 10.1 Å². The average Bonchev–Trinajstić information content (AvgIpc) is 2.81. The first kappa shape index (κ1) is 22.7. The van der Waals surface area contributed by atoms with E-state index in [1.807, 2.05) is 37.3 Å². The Kier molecular flexibility index (Phi) is 7.04. The number of carbonyl (C=O) groups excluding carboxylic acids is 2. The van der Waals surface area contributed by atoms with E-state index in [1.165, 1.54) is 25.3 Å². The molecule has 0 radical (unpaired) electrons. The van der Waals surface area contributed by atoms with Crippen molar-refractivity contribution in [3.63, 3.8) is 0 Å². The standard InChI is InChI=1S/C24H24N2O6/c1-4-13-32-24(28)19-15(2)25-22(16-9-6-5-7-10-16)21(23(27)31-3)20(19)17-11-8-12-18(14-17)26(29)30/h5-12,14,20,25H,4,13H2,1-3H3. The van der Waals surface area contributed by atoms with Crippen molar-refractivity contribution in [2.24, 2.45) is 0 Å². The summed E-state index contributed by atoms with van der Waals surface area (Å²) in [5, 5.41) is 14.6. The van der Waals surface area contributed by atoms with Gasteiger partial charge in [-0.3, -0.25) is 10.1 Å². The number of esters is 2. The molecular weight excluding hydrogens is 412 g/mol. The lowest BCUT2D eigenvalue weighted by Crippen LogP contribution is -2.32. The second-order valence-electron chi connectivity index (χ2n) is 7.23. The lowest BCUT2D eigenvalue weighted by molar-refractivity contribution is -0.384. The second-order valence-corrected chi connectivity index (χ2v) is 7.23. The molecule has 8 heteroatoms. The largest absolute Gasteiger partial charge is 0.466 e. The van der Waals surface area contributed by atoms with Crippen molar-refractivity contribution in [1.29, 1.82) is 0 Å². The molecule has 0 aliphatic carbocycles. The third kappa shape index (κ3) is 4.54. The van der Waals surface area contributed by atoms with E-state index in [1.54, 1.807) is 13.0 Å². The van der Waals surface area contributed by atoms with Gasteiger partial charge in [-0.2, -0.15) is 0 Å². The van der Waals surface area contributed by atoms with Gasteiger partial charge in [0.1, 0.15) is 0 Å². The van der Waals surface area contributed by atoms with Gasteiger partial charge in [-0.05, 0) is 24.5 Å². The quantitative estimate of drug-likeness (QED) is 0.396. The number of benzene rings is 2. The van der Waals surface area contributed by atoms with Crippen LogP contribution in [0.5, 0.6) is 0 Å². The van der Waals surface area contributed by atoms with E-state index < -0.39 is 22.8 Å². The topological polar surface area (TPSA) is 108 Å². The Labute approximate surface area is 185 Å². The Morgan fingerprint density at radius 2 is 1.78 bits per heavy atom. The van der Waals surface area contributed by atoms with Crippen LogP contribution in [0.3, 0.4) is 0 Å². The zero-order valence-corrected chi connectivity index (χ0v) is 18.1. The van der Waals surface area contributed by atoms with Gasteiger partial charge in [0, 0.05) is 17.8 Å². The van der Waals surface area contributed by atoms with E-state index in [9.17, 15) is 19.7 Å². The fourth-order valence-electron chi connectivity index (χ4n) is 3.68. The van der Waals surface area contributed by atoms with Crippen LogP contribution in [0.2, 0.25) is 0 Å². The highest BCUT2D eigenvalue weighted by Gasteiger charge is 2.39. The third-order valence-electron chi connectivity index (χ3n) is 5.10. The number of non-ortho nitro benzene ring substituents is 1. The SMILES string of the molecule is CCCOC(=O)C1=C(C)NC(c2ccccc2)=C(C(=O)OC)C1c1cccc([N+](=O)[O-])c1. The molecule has 0 amide bonds. The predicted octanol–water partition coefficient (Wildman–Crippen LogP) is 4.09. The lowest BCUT2D eigenvalue weighted by atomic mass is 9.79. The van der Waals surface area contributed by atoms with E-state index in [4.69, 9.17) is 9.47 Å². The summed E-state index contributed by atoms with van der Waals surface area (Å²) in [6, 6.07) is 15.0. The average molecular weight is 436 g/mol. The van der Waals surface area contributed by atoms with Crippen LogP contribution < -0.4 is 5.32 Å². The highest BCUT2D eigenvalue weighted by molar-refractivity contribution is 6.05. The number of hydrogen-bond donors (Lipinski definition) is 1. The summed E-state index contributed by atoms with van der Waals surface area (Å²) in [6.07, 6.45) is 0.627. The minimum Gasteiger partial charge on any atom is -0.466 e. The first-order chi connectivity index (χ1) is 15.4. The van der Waals surface area contributed by atoms with E-state index in [0.717, 1.165) is 0 Å². The summed E-state index contributed by atoms with van der Waals surface area (Å²) in [6.45, 7) is 3.79. The van der Waals surface area contributed by atoms with Gasteiger partial charge in [0.2, 0.25) is 0 Å². The third-order valence-corrected chi connectivity index (χ3v) is 5.10. The van der Waals surface area contributed by atoms with Crippen LogP contribution in [0.15, 0.2) is 71.4 Å². The van der Waals surface area contributed by atoms with Crippen molar-refractivity contribution in [3.05, 3.63) is 92.7 Å². The van der Waals surface area contributed by atoms with Gasteiger partial charge in [0.05, 0.1) is 41.4 Å². The maximum Gasteiger partial charge on any atom is 0.336 e. The molecule has 1 N–H and O–H groups in total. The van der Waals surface area contributed by atoms with E-state index in [-0.39, 0.29) is 23.4 Å². The Bertz CT molecular complexity index is 1100. The van der Waals surface area contributed by atoms with Gasteiger partial charge < -0.3 is 14.8 Å². The number of nitrogens with one attached hydrogen (secondary N) is 1. The summed E-state index contributed by atoms with van der Waals surface area (Å²) < 4.78 is 10.5. The van der Waals surface area contributed by atoms with Gasteiger partial charge in [0.15, 0.2) is 0 Å². The number of nitro benzene ring substituents is 1. The molecule has 1 aliphatic rings. The van der Waals surface area contributed by atoms with Crippen molar-refractivity contribution in [2.75, 3.05) is 13.7 Å². The molecule has 1 atom stereocenters. The minimum atomic E-state index is -0.914. The first-order valence-electron chi connectivity index (χ1n) is 10.2. The minimum absolute atomic E-state index is 0.148. The lowest BCUT2D eigenvalue weighted by Gasteiger charge is -2.31. The Balaban J connectivity index is 2.29. The van der Waals surface area contributed by atoms with Crippen LogP contribution in [-0.4, -0.2) is 30.6 Å². The van der Waals surface area contributed by atoms with Crippen LogP contribution in [0.25, 0.3) is 5.70 Å². The first-order valence-corrected chi connectivity index (χ1v) is 10.2. The van der Waals surface area contributed by atoms with Crippen LogP contribution in [0.1, 0.15) is 37.3 Å². The van der Waals surface area contributed by atoms with Gasteiger partial charge in [-0.15, -0.1) is 0 Å². The molecule has 1 unspecified atom stereocenters. The normalized spacial score (nSPS) is 15.8. The molecule has 3 rings (SSSR count).